The number of imidazole rings is 1. The Hall–Kier alpha value is -2.27. The van der Waals surface area contributed by atoms with Gasteiger partial charge >= 0.3 is 0 Å². The quantitative estimate of drug-likeness (QED) is 0.680. The number of hydrogen-bond acceptors (Lipinski definition) is 4. The van der Waals surface area contributed by atoms with Crippen molar-refractivity contribution in [1.82, 2.24) is 14.5 Å². The van der Waals surface area contributed by atoms with Crippen LogP contribution in [0.4, 0.5) is 0 Å². The van der Waals surface area contributed by atoms with Crippen molar-refractivity contribution < 1.29 is 9.47 Å². The smallest absolute Gasteiger partial charge is 0.231 e. The predicted molar refractivity (Wildman–Crippen MR) is 74.5 cm³/mol. The second-order valence-corrected chi connectivity index (χ2v) is 4.67. The Morgan fingerprint density at radius 1 is 1.20 bits per heavy atom. The number of hydrogen-bond donors (Lipinski definition) is 0. The van der Waals surface area contributed by atoms with Gasteiger partial charge in [0.05, 0.1) is 23.3 Å². The number of rotatable bonds is 2. The maximum Gasteiger partial charge on any atom is 0.231 e. The normalized spacial score (nSPS) is 13.1. The Balaban J connectivity index is 1.97. The van der Waals surface area contributed by atoms with Gasteiger partial charge in [0.2, 0.25) is 6.79 Å². The molecule has 3 aromatic rings. The maximum absolute atomic E-state index is 6.01. The van der Waals surface area contributed by atoms with Crippen LogP contribution in [0.2, 0.25) is 0 Å². The van der Waals surface area contributed by atoms with Crippen LogP contribution in [0.25, 0.3) is 16.7 Å². The summed E-state index contributed by atoms with van der Waals surface area (Å²) in [4.78, 5) is 8.59. The van der Waals surface area contributed by atoms with Crippen LogP contribution in [0, 0.1) is 0 Å². The number of nitrogens with zero attached hydrogens (tertiary/aromatic N) is 3. The molecule has 0 spiro atoms. The van der Waals surface area contributed by atoms with Gasteiger partial charge in [0.1, 0.15) is 11.3 Å². The Morgan fingerprint density at radius 2 is 2.10 bits per heavy atom. The van der Waals surface area contributed by atoms with Crippen molar-refractivity contribution in [2.45, 2.75) is 5.88 Å². The SMILES string of the molecule is ClCc1nc2cnccc2n1-c1ccc2c(c1)OCO2. The van der Waals surface area contributed by atoms with Crippen LogP contribution < -0.4 is 9.47 Å². The topological polar surface area (TPSA) is 49.2 Å². The van der Waals surface area contributed by atoms with E-state index in [1.54, 1.807) is 12.4 Å². The van der Waals surface area contributed by atoms with Crippen LogP contribution in [0.1, 0.15) is 5.82 Å². The standard InChI is InChI=1S/C14H10ClN3O2/c15-6-14-17-10-7-16-4-3-11(10)18(14)9-1-2-12-13(5-9)20-8-19-12/h1-5,7H,6,8H2. The number of benzene rings is 1. The molecular weight excluding hydrogens is 278 g/mol. The molecule has 3 heterocycles. The molecule has 20 heavy (non-hydrogen) atoms. The van der Waals surface area contributed by atoms with Gasteiger partial charge in [-0.2, -0.15) is 0 Å². The molecule has 0 bridgehead atoms. The number of alkyl halides is 1. The van der Waals surface area contributed by atoms with Crippen LogP contribution in [-0.4, -0.2) is 21.3 Å². The molecular formula is C14H10ClN3O2. The first-order valence-corrected chi connectivity index (χ1v) is 6.67. The Labute approximate surface area is 119 Å². The highest BCUT2D eigenvalue weighted by molar-refractivity contribution is 6.17. The lowest BCUT2D eigenvalue weighted by molar-refractivity contribution is 0.174. The average molecular weight is 288 g/mol. The van der Waals surface area contributed by atoms with E-state index >= 15 is 0 Å². The fourth-order valence-electron chi connectivity index (χ4n) is 2.38. The number of halogens is 1. The summed E-state index contributed by atoms with van der Waals surface area (Å²) in [6.45, 7) is 0.260. The summed E-state index contributed by atoms with van der Waals surface area (Å²) in [5.74, 6) is 2.59. The molecule has 0 saturated heterocycles. The van der Waals surface area contributed by atoms with Crippen molar-refractivity contribution in [2.75, 3.05) is 6.79 Å². The van der Waals surface area contributed by atoms with E-state index < -0.39 is 0 Å². The molecule has 0 fully saturated rings. The molecule has 0 aliphatic carbocycles. The molecule has 1 aliphatic heterocycles. The van der Waals surface area contributed by atoms with E-state index in [2.05, 4.69) is 9.97 Å². The highest BCUT2D eigenvalue weighted by atomic mass is 35.5. The molecule has 0 saturated carbocycles. The van der Waals surface area contributed by atoms with Crippen molar-refractivity contribution in [3.05, 3.63) is 42.5 Å². The zero-order chi connectivity index (χ0) is 13.5. The zero-order valence-electron chi connectivity index (χ0n) is 10.4. The largest absolute Gasteiger partial charge is 0.454 e. The summed E-state index contributed by atoms with van der Waals surface area (Å²) in [6, 6.07) is 7.71. The Bertz CT molecular complexity index is 800. The Kier molecular flexibility index (Phi) is 2.53. The van der Waals surface area contributed by atoms with Gasteiger partial charge in [-0.05, 0) is 18.2 Å². The van der Waals surface area contributed by atoms with Crippen molar-refractivity contribution in [1.29, 1.82) is 0 Å². The summed E-state index contributed by atoms with van der Waals surface area (Å²) in [5.41, 5.74) is 2.73. The summed E-state index contributed by atoms with van der Waals surface area (Å²) < 4.78 is 12.8. The first-order chi connectivity index (χ1) is 9.86. The monoisotopic (exact) mass is 287 g/mol. The molecule has 1 aliphatic rings. The molecule has 0 amide bonds. The third-order valence-electron chi connectivity index (χ3n) is 3.26. The number of ether oxygens (including phenoxy) is 2. The fraction of sp³-hybridized carbons (Fsp3) is 0.143. The van der Waals surface area contributed by atoms with Gasteiger partial charge in [-0.15, -0.1) is 11.6 Å². The van der Waals surface area contributed by atoms with Gasteiger partial charge in [-0.25, -0.2) is 4.98 Å². The average Bonchev–Trinajstić information content (AvgIpc) is 3.09. The van der Waals surface area contributed by atoms with E-state index in [4.69, 9.17) is 21.1 Å². The van der Waals surface area contributed by atoms with Crippen molar-refractivity contribution in [3.8, 4) is 17.2 Å². The second kappa shape index (κ2) is 4.38. The fourth-order valence-corrected chi connectivity index (χ4v) is 2.56. The third-order valence-corrected chi connectivity index (χ3v) is 3.50. The van der Waals surface area contributed by atoms with Gasteiger partial charge in [-0.1, -0.05) is 0 Å². The second-order valence-electron chi connectivity index (χ2n) is 4.40. The van der Waals surface area contributed by atoms with E-state index in [1.165, 1.54) is 0 Å². The third kappa shape index (κ3) is 1.63. The van der Waals surface area contributed by atoms with Gasteiger partial charge in [0, 0.05) is 12.3 Å². The minimum atomic E-state index is 0.260. The van der Waals surface area contributed by atoms with Crippen LogP contribution in [0.15, 0.2) is 36.7 Å². The minimum absolute atomic E-state index is 0.260. The molecule has 0 radical (unpaired) electrons. The Morgan fingerprint density at radius 3 is 3.00 bits per heavy atom. The number of aromatic nitrogens is 3. The molecule has 0 unspecified atom stereocenters. The lowest BCUT2D eigenvalue weighted by atomic mass is 10.2. The summed E-state index contributed by atoms with van der Waals surface area (Å²) in [5, 5.41) is 0. The van der Waals surface area contributed by atoms with Gasteiger partial charge in [-0.3, -0.25) is 9.55 Å². The maximum atomic E-state index is 6.01. The molecule has 100 valence electrons. The molecule has 6 heteroatoms. The first kappa shape index (κ1) is 11.5. The van der Waals surface area contributed by atoms with E-state index in [9.17, 15) is 0 Å². The summed E-state index contributed by atoms with van der Waals surface area (Å²) in [6.07, 6.45) is 3.47. The minimum Gasteiger partial charge on any atom is -0.454 e. The molecule has 5 nitrogen and oxygen atoms in total. The highest BCUT2D eigenvalue weighted by Gasteiger charge is 2.17. The van der Waals surface area contributed by atoms with E-state index in [1.807, 2.05) is 28.8 Å². The van der Waals surface area contributed by atoms with Gasteiger partial charge < -0.3 is 9.47 Å². The highest BCUT2D eigenvalue weighted by Crippen LogP contribution is 2.35. The number of fused-ring (bicyclic) bond motifs is 2. The number of pyridine rings is 1. The molecule has 0 N–H and O–H groups in total. The van der Waals surface area contributed by atoms with Crippen LogP contribution in [0.3, 0.4) is 0 Å². The van der Waals surface area contributed by atoms with E-state index in [0.29, 0.717) is 5.88 Å². The van der Waals surface area contributed by atoms with Crippen LogP contribution in [-0.2, 0) is 5.88 Å². The van der Waals surface area contributed by atoms with E-state index in [-0.39, 0.29) is 6.79 Å². The van der Waals surface area contributed by atoms with Crippen molar-refractivity contribution in [3.63, 3.8) is 0 Å². The van der Waals surface area contributed by atoms with E-state index in [0.717, 1.165) is 34.0 Å². The first-order valence-electron chi connectivity index (χ1n) is 6.14. The van der Waals surface area contributed by atoms with Crippen LogP contribution in [0.5, 0.6) is 11.5 Å². The lowest BCUT2D eigenvalue weighted by Crippen LogP contribution is -1.99. The summed E-state index contributed by atoms with van der Waals surface area (Å²) >= 11 is 6.01. The van der Waals surface area contributed by atoms with Crippen molar-refractivity contribution >= 4 is 22.6 Å². The molecule has 2 aromatic heterocycles. The zero-order valence-corrected chi connectivity index (χ0v) is 11.2. The van der Waals surface area contributed by atoms with Crippen LogP contribution >= 0.6 is 11.6 Å². The molecule has 1 aromatic carbocycles. The van der Waals surface area contributed by atoms with Gasteiger partial charge in [0.25, 0.3) is 0 Å². The molecule has 0 atom stereocenters. The summed E-state index contributed by atoms with van der Waals surface area (Å²) in [7, 11) is 0. The lowest BCUT2D eigenvalue weighted by Gasteiger charge is -2.08. The van der Waals surface area contributed by atoms with Crippen molar-refractivity contribution in [2.24, 2.45) is 0 Å². The van der Waals surface area contributed by atoms with Gasteiger partial charge in [0.15, 0.2) is 11.5 Å². The predicted octanol–water partition coefficient (Wildman–Crippen LogP) is 2.89. The molecule has 4 rings (SSSR count).